The van der Waals surface area contributed by atoms with E-state index in [0.717, 1.165) is 23.1 Å². The highest BCUT2D eigenvalue weighted by molar-refractivity contribution is 5.81. The van der Waals surface area contributed by atoms with Crippen LogP contribution < -0.4 is 4.74 Å². The molecule has 0 unspecified atom stereocenters. The van der Waals surface area contributed by atoms with Crippen molar-refractivity contribution in [3.05, 3.63) is 101 Å². The van der Waals surface area contributed by atoms with Crippen LogP contribution in [-0.4, -0.2) is 41.3 Å². The molecule has 2 amide bonds. The lowest BCUT2D eigenvalue weighted by molar-refractivity contribution is -0.138. The summed E-state index contributed by atoms with van der Waals surface area (Å²) in [4.78, 5) is 29.8. The van der Waals surface area contributed by atoms with Crippen molar-refractivity contribution < 1.29 is 14.3 Å². The Morgan fingerprint density at radius 2 is 1.75 bits per heavy atom. The second kappa shape index (κ2) is 11.4. The zero-order valence-electron chi connectivity index (χ0n) is 21.7. The molecule has 0 spiro atoms. The van der Waals surface area contributed by atoms with Gasteiger partial charge in [-0.05, 0) is 54.2 Å². The van der Waals surface area contributed by atoms with Crippen LogP contribution in [-0.2, 0) is 22.6 Å². The van der Waals surface area contributed by atoms with Crippen LogP contribution in [0.5, 0.6) is 5.75 Å². The summed E-state index contributed by atoms with van der Waals surface area (Å²) < 4.78 is 6.28. The highest BCUT2D eigenvalue weighted by atomic mass is 16.5. The molecule has 2 atom stereocenters. The first-order chi connectivity index (χ1) is 17.4. The molecule has 36 heavy (non-hydrogen) atoms. The van der Waals surface area contributed by atoms with Gasteiger partial charge in [-0.1, -0.05) is 80.1 Å². The van der Waals surface area contributed by atoms with Crippen LogP contribution in [0, 0.1) is 6.92 Å². The number of carbonyl (C=O) groups is 2. The quantitative estimate of drug-likeness (QED) is 0.412. The number of hydrogen-bond donors (Lipinski definition) is 0. The van der Waals surface area contributed by atoms with E-state index < -0.39 is 6.10 Å². The van der Waals surface area contributed by atoms with Crippen LogP contribution in [0.4, 0.5) is 0 Å². The molecule has 0 fully saturated rings. The minimum absolute atomic E-state index is 0.0445. The number of aryl methyl sites for hydroxylation is 1. The molecule has 0 aliphatic carbocycles. The van der Waals surface area contributed by atoms with E-state index in [9.17, 15) is 9.59 Å². The lowest BCUT2D eigenvalue weighted by Gasteiger charge is -2.38. The summed E-state index contributed by atoms with van der Waals surface area (Å²) in [5, 5.41) is 0. The smallest absolute Gasteiger partial charge is 0.263 e. The summed E-state index contributed by atoms with van der Waals surface area (Å²) >= 11 is 0. The average molecular weight is 485 g/mol. The van der Waals surface area contributed by atoms with Gasteiger partial charge >= 0.3 is 0 Å². The van der Waals surface area contributed by atoms with Crippen molar-refractivity contribution in [2.75, 3.05) is 13.6 Å². The zero-order valence-corrected chi connectivity index (χ0v) is 21.7. The Kier molecular flexibility index (Phi) is 8.09. The number of likely N-dealkylation sites (N-methyl/N-ethyl adjacent to an activating group) is 1. The Balaban J connectivity index is 1.60. The monoisotopic (exact) mass is 484 g/mol. The van der Waals surface area contributed by atoms with Gasteiger partial charge in [-0.15, -0.1) is 0 Å². The van der Waals surface area contributed by atoms with Gasteiger partial charge in [0.2, 0.25) is 5.91 Å². The van der Waals surface area contributed by atoms with E-state index >= 15 is 0 Å². The molecule has 1 aliphatic rings. The van der Waals surface area contributed by atoms with Crippen LogP contribution in [0.25, 0.3) is 0 Å². The molecular weight excluding hydrogens is 448 g/mol. The summed E-state index contributed by atoms with van der Waals surface area (Å²) in [6.07, 6.45) is 1.26. The standard InChI is InChI=1S/C31H36N2O3/c1-5-28(31(35)32(4)21-23-10-8-7-9-11-23)36-26-17-16-24-18-19-33(29(34)6-2)30(27(24)20-26)25-14-12-22(3)13-15-25/h7-17,20,28,30H,5-6,18-19,21H2,1-4H3/t28-,30-/m0/s1. The van der Waals surface area contributed by atoms with Crippen LogP contribution in [0.15, 0.2) is 72.8 Å². The summed E-state index contributed by atoms with van der Waals surface area (Å²) in [6, 6.07) is 24.3. The number of rotatable bonds is 8. The minimum atomic E-state index is -0.577. The number of carbonyl (C=O) groups excluding carboxylic acids is 2. The molecule has 3 aromatic carbocycles. The molecule has 1 heterocycles. The van der Waals surface area contributed by atoms with E-state index in [-0.39, 0.29) is 17.9 Å². The molecular formula is C31H36N2O3. The van der Waals surface area contributed by atoms with Gasteiger partial charge < -0.3 is 14.5 Å². The molecule has 0 aromatic heterocycles. The fourth-order valence-corrected chi connectivity index (χ4v) is 4.90. The maximum absolute atomic E-state index is 13.2. The first-order valence-electron chi connectivity index (χ1n) is 12.9. The molecule has 1 aliphatic heterocycles. The third-order valence-corrected chi connectivity index (χ3v) is 6.92. The SMILES string of the molecule is CCC(=O)N1CCc2ccc(O[C@@H](CC)C(=O)N(C)Cc3ccccc3)cc2[C@@H]1c1ccc(C)cc1. The van der Waals surface area contributed by atoms with Crippen molar-refractivity contribution in [2.24, 2.45) is 0 Å². The lowest BCUT2D eigenvalue weighted by atomic mass is 9.87. The topological polar surface area (TPSA) is 49.9 Å². The summed E-state index contributed by atoms with van der Waals surface area (Å²) in [5.74, 6) is 0.753. The van der Waals surface area contributed by atoms with E-state index in [2.05, 4.69) is 37.3 Å². The summed E-state index contributed by atoms with van der Waals surface area (Å²) in [5.41, 5.74) is 5.65. The Morgan fingerprint density at radius 1 is 1.03 bits per heavy atom. The third kappa shape index (κ3) is 5.62. The van der Waals surface area contributed by atoms with Crippen molar-refractivity contribution in [2.45, 2.75) is 58.7 Å². The molecule has 0 saturated heterocycles. The normalized spacial score (nSPS) is 15.7. The van der Waals surface area contributed by atoms with Gasteiger partial charge in [0.05, 0.1) is 6.04 Å². The maximum Gasteiger partial charge on any atom is 0.263 e. The van der Waals surface area contributed by atoms with E-state index in [1.165, 1.54) is 11.1 Å². The Hall–Kier alpha value is -3.60. The van der Waals surface area contributed by atoms with Gasteiger partial charge in [0.25, 0.3) is 5.91 Å². The maximum atomic E-state index is 13.2. The highest BCUT2D eigenvalue weighted by Crippen LogP contribution is 2.38. The van der Waals surface area contributed by atoms with Crippen molar-refractivity contribution in [1.29, 1.82) is 0 Å². The van der Waals surface area contributed by atoms with Crippen LogP contribution in [0.3, 0.4) is 0 Å². The molecule has 4 rings (SSSR count). The number of fused-ring (bicyclic) bond motifs is 1. The lowest BCUT2D eigenvalue weighted by Crippen LogP contribution is -2.40. The first kappa shape index (κ1) is 25.5. The molecule has 5 heteroatoms. The summed E-state index contributed by atoms with van der Waals surface area (Å²) in [7, 11) is 1.82. The molecule has 188 valence electrons. The van der Waals surface area contributed by atoms with Gasteiger partial charge in [0, 0.05) is 26.6 Å². The largest absolute Gasteiger partial charge is 0.481 e. The van der Waals surface area contributed by atoms with Gasteiger partial charge in [-0.3, -0.25) is 9.59 Å². The van der Waals surface area contributed by atoms with Crippen LogP contribution in [0.2, 0.25) is 0 Å². The number of ether oxygens (including phenoxy) is 1. The van der Waals surface area contributed by atoms with Gasteiger partial charge in [-0.25, -0.2) is 0 Å². The van der Waals surface area contributed by atoms with Crippen molar-refractivity contribution in [3.63, 3.8) is 0 Å². The number of benzene rings is 3. The summed E-state index contributed by atoms with van der Waals surface area (Å²) in [6.45, 7) is 7.17. The molecule has 3 aromatic rings. The van der Waals surface area contributed by atoms with E-state index in [1.807, 2.05) is 68.3 Å². The van der Waals surface area contributed by atoms with E-state index in [0.29, 0.717) is 31.7 Å². The Labute approximate surface area is 214 Å². The average Bonchev–Trinajstić information content (AvgIpc) is 2.91. The number of nitrogens with zero attached hydrogens (tertiary/aromatic N) is 2. The van der Waals surface area contributed by atoms with Crippen molar-refractivity contribution in [3.8, 4) is 5.75 Å². The Morgan fingerprint density at radius 3 is 2.42 bits per heavy atom. The fourth-order valence-electron chi connectivity index (χ4n) is 4.90. The molecule has 0 radical (unpaired) electrons. The second-order valence-corrected chi connectivity index (χ2v) is 9.56. The number of amides is 2. The van der Waals surface area contributed by atoms with Crippen LogP contribution >= 0.6 is 0 Å². The predicted octanol–water partition coefficient (Wildman–Crippen LogP) is 5.70. The highest BCUT2D eigenvalue weighted by Gasteiger charge is 2.32. The number of hydrogen-bond acceptors (Lipinski definition) is 3. The van der Waals surface area contributed by atoms with Crippen molar-refractivity contribution >= 4 is 11.8 Å². The fraction of sp³-hybridized carbons (Fsp3) is 0.355. The van der Waals surface area contributed by atoms with E-state index in [1.54, 1.807) is 4.90 Å². The second-order valence-electron chi connectivity index (χ2n) is 9.56. The van der Waals surface area contributed by atoms with Crippen molar-refractivity contribution in [1.82, 2.24) is 9.80 Å². The minimum Gasteiger partial charge on any atom is -0.481 e. The molecule has 0 bridgehead atoms. The molecule has 5 nitrogen and oxygen atoms in total. The first-order valence-corrected chi connectivity index (χ1v) is 12.9. The van der Waals surface area contributed by atoms with Crippen LogP contribution in [0.1, 0.15) is 60.5 Å². The molecule has 0 N–H and O–H groups in total. The Bertz CT molecular complexity index is 1190. The third-order valence-electron chi connectivity index (χ3n) is 6.92. The zero-order chi connectivity index (χ0) is 25.7. The van der Waals surface area contributed by atoms with Gasteiger partial charge in [0.1, 0.15) is 5.75 Å². The van der Waals surface area contributed by atoms with Gasteiger partial charge in [0.15, 0.2) is 6.10 Å². The van der Waals surface area contributed by atoms with E-state index in [4.69, 9.17) is 4.74 Å². The molecule has 0 saturated carbocycles. The predicted molar refractivity (Wildman–Crippen MR) is 143 cm³/mol. The van der Waals surface area contributed by atoms with Gasteiger partial charge in [-0.2, -0.15) is 0 Å².